The van der Waals surface area contributed by atoms with E-state index in [0.29, 0.717) is 29.7 Å². The number of carbonyl (C=O) groups excluding carboxylic acids is 1. The van der Waals surface area contributed by atoms with Crippen molar-refractivity contribution in [2.75, 3.05) is 18.5 Å². The first-order valence-corrected chi connectivity index (χ1v) is 8.31. The Kier molecular flexibility index (Phi) is 5.42. The third-order valence-electron chi connectivity index (χ3n) is 3.11. The maximum atomic E-state index is 12.2. The fraction of sp³-hybridized carbons (Fsp3) is 0.111. The molecule has 3 aromatic rings. The summed E-state index contributed by atoms with van der Waals surface area (Å²) >= 11 is 1.37. The number of benzene rings is 2. The minimum Gasteiger partial charge on any atom is -0.490 e. The van der Waals surface area contributed by atoms with E-state index >= 15 is 0 Å². The van der Waals surface area contributed by atoms with Crippen LogP contribution in [0.15, 0.2) is 66.2 Å². The standard InChI is InChI=1S/C18H16N2O3S/c21-17(20-18-19-9-12-24-18)14-5-4-8-16(13-14)23-11-10-22-15-6-2-1-3-7-15/h1-9,12-13H,10-11H2,(H,19,20,21). The van der Waals surface area contributed by atoms with E-state index in [9.17, 15) is 4.79 Å². The Hall–Kier alpha value is -2.86. The van der Waals surface area contributed by atoms with E-state index in [1.165, 1.54) is 11.3 Å². The van der Waals surface area contributed by atoms with Crippen molar-refractivity contribution in [3.63, 3.8) is 0 Å². The van der Waals surface area contributed by atoms with Crippen LogP contribution in [0, 0.1) is 0 Å². The molecule has 1 N–H and O–H groups in total. The van der Waals surface area contributed by atoms with Crippen LogP contribution in [0.3, 0.4) is 0 Å². The molecular formula is C18H16N2O3S. The second-order valence-corrected chi connectivity index (χ2v) is 5.72. The molecule has 0 bridgehead atoms. The maximum Gasteiger partial charge on any atom is 0.257 e. The predicted molar refractivity (Wildman–Crippen MR) is 93.9 cm³/mol. The molecule has 2 aromatic carbocycles. The van der Waals surface area contributed by atoms with E-state index in [1.54, 1.807) is 24.4 Å². The minimum absolute atomic E-state index is 0.212. The van der Waals surface area contributed by atoms with Crippen LogP contribution < -0.4 is 14.8 Å². The highest BCUT2D eigenvalue weighted by Crippen LogP contribution is 2.16. The number of aromatic nitrogens is 1. The van der Waals surface area contributed by atoms with Crippen LogP contribution in [0.2, 0.25) is 0 Å². The molecule has 3 rings (SSSR count). The summed E-state index contributed by atoms with van der Waals surface area (Å²) in [7, 11) is 0. The van der Waals surface area contributed by atoms with Gasteiger partial charge in [0.25, 0.3) is 5.91 Å². The van der Waals surface area contributed by atoms with E-state index in [1.807, 2.05) is 41.8 Å². The molecule has 1 amide bonds. The van der Waals surface area contributed by atoms with Crippen molar-refractivity contribution in [2.45, 2.75) is 0 Å². The number of amides is 1. The van der Waals surface area contributed by atoms with Gasteiger partial charge in [0.2, 0.25) is 0 Å². The highest BCUT2D eigenvalue weighted by Gasteiger charge is 2.08. The number of anilines is 1. The van der Waals surface area contributed by atoms with Crippen molar-refractivity contribution >= 4 is 22.4 Å². The van der Waals surface area contributed by atoms with Crippen LogP contribution in [0.5, 0.6) is 11.5 Å². The van der Waals surface area contributed by atoms with Crippen molar-refractivity contribution < 1.29 is 14.3 Å². The molecule has 0 atom stereocenters. The Labute approximate surface area is 143 Å². The number of ether oxygens (including phenoxy) is 2. The Morgan fingerprint density at radius 2 is 1.75 bits per heavy atom. The van der Waals surface area contributed by atoms with Gasteiger partial charge in [0.1, 0.15) is 24.7 Å². The summed E-state index contributed by atoms with van der Waals surface area (Å²) in [5.74, 6) is 1.21. The van der Waals surface area contributed by atoms with E-state index in [0.717, 1.165) is 5.75 Å². The van der Waals surface area contributed by atoms with Gasteiger partial charge in [-0.3, -0.25) is 10.1 Å². The number of hydrogen-bond donors (Lipinski definition) is 1. The van der Waals surface area contributed by atoms with Crippen LogP contribution in [-0.4, -0.2) is 24.1 Å². The van der Waals surface area contributed by atoms with Crippen LogP contribution in [0.25, 0.3) is 0 Å². The first-order chi connectivity index (χ1) is 11.8. The van der Waals surface area contributed by atoms with Gasteiger partial charge < -0.3 is 9.47 Å². The summed E-state index contributed by atoms with van der Waals surface area (Å²) in [4.78, 5) is 16.2. The lowest BCUT2D eigenvalue weighted by atomic mass is 10.2. The van der Waals surface area contributed by atoms with Crippen molar-refractivity contribution in [3.05, 3.63) is 71.7 Å². The van der Waals surface area contributed by atoms with Crippen LogP contribution >= 0.6 is 11.3 Å². The molecule has 5 nitrogen and oxygen atoms in total. The molecule has 24 heavy (non-hydrogen) atoms. The van der Waals surface area contributed by atoms with Gasteiger partial charge in [0.05, 0.1) is 0 Å². The molecule has 0 unspecified atom stereocenters. The Balaban J connectivity index is 1.50. The van der Waals surface area contributed by atoms with Gasteiger partial charge in [-0.15, -0.1) is 11.3 Å². The van der Waals surface area contributed by atoms with E-state index < -0.39 is 0 Å². The number of para-hydroxylation sites is 1. The fourth-order valence-corrected chi connectivity index (χ4v) is 2.54. The number of nitrogens with zero attached hydrogens (tertiary/aromatic N) is 1. The van der Waals surface area contributed by atoms with Crippen LogP contribution in [0.4, 0.5) is 5.13 Å². The SMILES string of the molecule is O=C(Nc1nccs1)c1cccc(OCCOc2ccccc2)c1. The van der Waals surface area contributed by atoms with Crippen molar-refractivity contribution in [3.8, 4) is 11.5 Å². The van der Waals surface area contributed by atoms with Crippen molar-refractivity contribution in [1.29, 1.82) is 0 Å². The fourth-order valence-electron chi connectivity index (χ4n) is 2.02. The topological polar surface area (TPSA) is 60.5 Å². The summed E-state index contributed by atoms with van der Waals surface area (Å²) < 4.78 is 11.2. The zero-order valence-electron chi connectivity index (χ0n) is 12.8. The summed E-state index contributed by atoms with van der Waals surface area (Å²) in [6.07, 6.45) is 1.65. The Bertz CT molecular complexity index is 776. The molecule has 0 radical (unpaired) electrons. The zero-order chi connectivity index (χ0) is 16.6. The molecule has 0 aliphatic heterocycles. The van der Waals surface area contributed by atoms with Crippen LogP contribution in [0.1, 0.15) is 10.4 Å². The number of carbonyl (C=O) groups is 1. The van der Waals surface area contributed by atoms with Crippen molar-refractivity contribution in [1.82, 2.24) is 4.98 Å². The number of thiazole rings is 1. The predicted octanol–water partition coefficient (Wildman–Crippen LogP) is 3.85. The van der Waals surface area contributed by atoms with Crippen LogP contribution in [-0.2, 0) is 0 Å². The summed E-state index contributed by atoms with van der Waals surface area (Å²) in [6.45, 7) is 0.825. The monoisotopic (exact) mass is 340 g/mol. The number of hydrogen-bond acceptors (Lipinski definition) is 5. The number of nitrogens with one attached hydrogen (secondary N) is 1. The summed E-state index contributed by atoms with van der Waals surface area (Å²) in [5.41, 5.74) is 0.520. The van der Waals surface area contributed by atoms with Crippen molar-refractivity contribution in [2.24, 2.45) is 0 Å². The van der Waals surface area contributed by atoms with Gasteiger partial charge >= 0.3 is 0 Å². The average molecular weight is 340 g/mol. The van der Waals surface area contributed by atoms with Gasteiger partial charge in [0, 0.05) is 17.1 Å². The van der Waals surface area contributed by atoms with Gasteiger partial charge in [-0.05, 0) is 30.3 Å². The molecule has 0 aliphatic rings. The first kappa shape index (κ1) is 16.0. The van der Waals surface area contributed by atoms with Gasteiger partial charge in [-0.2, -0.15) is 0 Å². The lowest BCUT2D eigenvalue weighted by molar-refractivity contribution is 0.102. The summed E-state index contributed by atoms with van der Waals surface area (Å²) in [5, 5.41) is 5.12. The Morgan fingerprint density at radius 1 is 1.00 bits per heavy atom. The molecule has 0 aliphatic carbocycles. The molecular weight excluding hydrogens is 324 g/mol. The molecule has 6 heteroatoms. The minimum atomic E-state index is -0.212. The van der Waals surface area contributed by atoms with Gasteiger partial charge in [0.15, 0.2) is 5.13 Å². The number of rotatable bonds is 7. The molecule has 1 aromatic heterocycles. The lowest BCUT2D eigenvalue weighted by Gasteiger charge is -2.09. The molecule has 1 heterocycles. The molecule has 0 saturated carbocycles. The van der Waals surface area contributed by atoms with Gasteiger partial charge in [-0.1, -0.05) is 24.3 Å². The lowest BCUT2D eigenvalue weighted by Crippen LogP contribution is -2.12. The first-order valence-electron chi connectivity index (χ1n) is 7.43. The second-order valence-electron chi connectivity index (χ2n) is 4.83. The quantitative estimate of drug-likeness (QED) is 0.664. The van der Waals surface area contributed by atoms with E-state index in [-0.39, 0.29) is 5.91 Å². The molecule has 122 valence electrons. The maximum absolute atomic E-state index is 12.2. The molecule has 0 spiro atoms. The van der Waals surface area contributed by atoms with Gasteiger partial charge in [-0.25, -0.2) is 4.98 Å². The Morgan fingerprint density at radius 3 is 2.50 bits per heavy atom. The molecule has 0 fully saturated rings. The third kappa shape index (κ3) is 4.57. The zero-order valence-corrected chi connectivity index (χ0v) is 13.7. The largest absolute Gasteiger partial charge is 0.490 e. The smallest absolute Gasteiger partial charge is 0.257 e. The molecule has 0 saturated heterocycles. The highest BCUT2D eigenvalue weighted by atomic mass is 32.1. The highest BCUT2D eigenvalue weighted by molar-refractivity contribution is 7.13. The normalized spacial score (nSPS) is 10.2. The third-order valence-corrected chi connectivity index (χ3v) is 3.80. The second kappa shape index (κ2) is 8.12. The van der Waals surface area contributed by atoms with E-state index in [4.69, 9.17) is 9.47 Å². The summed E-state index contributed by atoms with van der Waals surface area (Å²) in [6, 6.07) is 16.6. The average Bonchev–Trinajstić information content (AvgIpc) is 3.13. The van der Waals surface area contributed by atoms with E-state index in [2.05, 4.69) is 10.3 Å².